The van der Waals surface area contributed by atoms with Gasteiger partial charge >= 0.3 is 0 Å². The monoisotopic (exact) mass is 435 g/mol. The summed E-state index contributed by atoms with van der Waals surface area (Å²) in [6, 6.07) is 5.95. The lowest BCUT2D eigenvalue weighted by Crippen LogP contribution is -2.37. The number of aliphatic imine (C=N–C) groups is 1. The highest BCUT2D eigenvalue weighted by Gasteiger charge is 2.06. The predicted octanol–water partition coefficient (Wildman–Crippen LogP) is 3.42. The molecule has 0 aliphatic heterocycles. The van der Waals surface area contributed by atoms with Crippen LogP contribution in [0, 0.1) is 5.92 Å². The zero-order chi connectivity index (χ0) is 16.4. The number of ether oxygens (including phenoxy) is 2. The van der Waals surface area contributed by atoms with E-state index in [9.17, 15) is 0 Å². The number of halogens is 1. The number of hydrogen-bond acceptors (Lipinski definition) is 3. The summed E-state index contributed by atoms with van der Waals surface area (Å²) in [6.45, 7) is 8.61. The third-order valence-corrected chi connectivity index (χ3v) is 3.23. The molecule has 5 nitrogen and oxygen atoms in total. The average molecular weight is 435 g/mol. The first kappa shape index (κ1) is 21.8. The Bertz CT molecular complexity index is 479. The quantitative estimate of drug-likeness (QED) is 0.373. The number of nitrogens with one attached hydrogen (secondary N) is 2. The van der Waals surface area contributed by atoms with Crippen LogP contribution in [0.1, 0.15) is 32.8 Å². The van der Waals surface area contributed by atoms with Gasteiger partial charge in [-0.1, -0.05) is 19.9 Å². The topological polar surface area (TPSA) is 54.9 Å². The van der Waals surface area contributed by atoms with Crippen LogP contribution >= 0.6 is 24.0 Å². The van der Waals surface area contributed by atoms with Gasteiger partial charge in [0.05, 0.1) is 13.7 Å². The van der Waals surface area contributed by atoms with Gasteiger partial charge in [0, 0.05) is 20.1 Å². The lowest BCUT2D eigenvalue weighted by atomic mass is 10.1. The van der Waals surface area contributed by atoms with Crippen molar-refractivity contribution in [3.8, 4) is 11.5 Å². The molecular formula is C17H30IN3O2. The van der Waals surface area contributed by atoms with Crippen molar-refractivity contribution in [1.82, 2.24) is 10.6 Å². The Balaban J connectivity index is 0.00000484. The molecule has 0 aliphatic rings. The second kappa shape index (κ2) is 12.3. The number of rotatable bonds is 8. The minimum Gasteiger partial charge on any atom is -0.493 e. The van der Waals surface area contributed by atoms with Gasteiger partial charge in [-0.2, -0.15) is 0 Å². The SMILES string of the molecule is CCOc1cc(CNC(=NC)NCCC(C)C)ccc1OC.I. The maximum atomic E-state index is 5.59. The van der Waals surface area contributed by atoms with Crippen molar-refractivity contribution in [1.29, 1.82) is 0 Å². The highest BCUT2D eigenvalue weighted by atomic mass is 127. The summed E-state index contributed by atoms with van der Waals surface area (Å²) in [5.41, 5.74) is 1.12. The molecule has 132 valence electrons. The smallest absolute Gasteiger partial charge is 0.191 e. The number of methoxy groups -OCH3 is 1. The van der Waals surface area contributed by atoms with Gasteiger partial charge in [0.15, 0.2) is 17.5 Å². The van der Waals surface area contributed by atoms with E-state index in [4.69, 9.17) is 9.47 Å². The first-order chi connectivity index (χ1) is 10.6. The summed E-state index contributed by atoms with van der Waals surface area (Å²) in [4.78, 5) is 4.23. The standard InChI is InChI=1S/C17H29N3O2.HI/c1-6-22-16-11-14(7-8-15(16)21-5)12-20-17(18-4)19-10-9-13(2)3;/h7-8,11,13H,6,9-10,12H2,1-5H3,(H2,18,19,20);1H. The van der Waals surface area contributed by atoms with Crippen LogP contribution in [0.25, 0.3) is 0 Å². The van der Waals surface area contributed by atoms with Gasteiger partial charge in [0.25, 0.3) is 0 Å². The molecule has 0 heterocycles. The van der Waals surface area contributed by atoms with Gasteiger partial charge in [-0.25, -0.2) is 0 Å². The predicted molar refractivity (Wildman–Crippen MR) is 107 cm³/mol. The molecule has 1 aromatic rings. The number of hydrogen-bond donors (Lipinski definition) is 2. The largest absolute Gasteiger partial charge is 0.493 e. The van der Waals surface area contributed by atoms with Crippen LogP contribution in [0.3, 0.4) is 0 Å². The molecule has 1 rings (SSSR count). The van der Waals surface area contributed by atoms with E-state index < -0.39 is 0 Å². The van der Waals surface area contributed by atoms with Crippen LogP contribution in [-0.2, 0) is 6.54 Å². The van der Waals surface area contributed by atoms with Crippen molar-refractivity contribution < 1.29 is 9.47 Å². The van der Waals surface area contributed by atoms with E-state index in [-0.39, 0.29) is 24.0 Å². The molecular weight excluding hydrogens is 405 g/mol. The molecule has 0 aromatic heterocycles. The van der Waals surface area contributed by atoms with E-state index in [1.807, 2.05) is 25.1 Å². The van der Waals surface area contributed by atoms with E-state index in [1.165, 1.54) is 0 Å². The zero-order valence-corrected chi connectivity index (χ0v) is 17.1. The van der Waals surface area contributed by atoms with Crippen LogP contribution in [0.5, 0.6) is 11.5 Å². The lowest BCUT2D eigenvalue weighted by Gasteiger charge is -2.14. The Morgan fingerprint density at radius 1 is 1.22 bits per heavy atom. The van der Waals surface area contributed by atoms with Crippen LogP contribution < -0.4 is 20.1 Å². The lowest BCUT2D eigenvalue weighted by molar-refractivity contribution is 0.310. The maximum Gasteiger partial charge on any atom is 0.191 e. The van der Waals surface area contributed by atoms with Crippen LogP contribution in [0.15, 0.2) is 23.2 Å². The van der Waals surface area contributed by atoms with Gasteiger partial charge in [-0.15, -0.1) is 24.0 Å². The minimum atomic E-state index is 0. The summed E-state index contributed by atoms with van der Waals surface area (Å²) >= 11 is 0. The molecule has 23 heavy (non-hydrogen) atoms. The highest BCUT2D eigenvalue weighted by Crippen LogP contribution is 2.27. The van der Waals surface area contributed by atoms with Gasteiger partial charge in [-0.05, 0) is 37.0 Å². The third kappa shape index (κ3) is 8.29. The molecule has 6 heteroatoms. The van der Waals surface area contributed by atoms with Crippen molar-refractivity contribution in [2.75, 3.05) is 27.3 Å². The van der Waals surface area contributed by atoms with Crippen molar-refractivity contribution in [3.05, 3.63) is 23.8 Å². The first-order valence-corrected chi connectivity index (χ1v) is 7.84. The summed E-state index contributed by atoms with van der Waals surface area (Å²) < 4.78 is 10.9. The van der Waals surface area contributed by atoms with Gasteiger partial charge in [0.2, 0.25) is 0 Å². The normalized spacial score (nSPS) is 11.0. The van der Waals surface area contributed by atoms with E-state index in [1.54, 1.807) is 14.2 Å². The Morgan fingerprint density at radius 2 is 1.96 bits per heavy atom. The molecule has 0 atom stereocenters. The van der Waals surface area contributed by atoms with Crippen LogP contribution in [0.4, 0.5) is 0 Å². The fourth-order valence-electron chi connectivity index (χ4n) is 1.99. The molecule has 0 saturated carbocycles. The molecule has 0 bridgehead atoms. The van der Waals surface area contributed by atoms with Crippen molar-refractivity contribution in [2.24, 2.45) is 10.9 Å². The maximum absolute atomic E-state index is 5.59. The molecule has 2 N–H and O–H groups in total. The first-order valence-electron chi connectivity index (χ1n) is 7.84. The molecule has 0 spiro atoms. The van der Waals surface area contributed by atoms with Gasteiger partial charge in [-0.3, -0.25) is 4.99 Å². The van der Waals surface area contributed by atoms with E-state index in [0.29, 0.717) is 19.1 Å². The van der Waals surface area contributed by atoms with Gasteiger partial charge < -0.3 is 20.1 Å². The molecule has 0 radical (unpaired) electrons. The fraction of sp³-hybridized carbons (Fsp3) is 0.588. The highest BCUT2D eigenvalue weighted by molar-refractivity contribution is 14.0. The summed E-state index contributed by atoms with van der Waals surface area (Å²) in [7, 11) is 3.43. The Labute approximate surface area is 157 Å². The zero-order valence-electron chi connectivity index (χ0n) is 14.8. The van der Waals surface area contributed by atoms with E-state index >= 15 is 0 Å². The number of benzene rings is 1. The van der Waals surface area contributed by atoms with E-state index in [2.05, 4.69) is 29.5 Å². The molecule has 1 aromatic carbocycles. The Morgan fingerprint density at radius 3 is 2.52 bits per heavy atom. The Kier molecular flexibility index (Phi) is 11.6. The Hall–Kier alpha value is -1.18. The molecule has 0 unspecified atom stereocenters. The minimum absolute atomic E-state index is 0. The summed E-state index contributed by atoms with van der Waals surface area (Å²) in [6.07, 6.45) is 1.12. The fourth-order valence-corrected chi connectivity index (χ4v) is 1.99. The molecule has 0 saturated heterocycles. The average Bonchev–Trinajstić information content (AvgIpc) is 2.51. The van der Waals surface area contributed by atoms with Crippen LogP contribution in [-0.4, -0.2) is 33.3 Å². The molecule has 0 aliphatic carbocycles. The van der Waals surface area contributed by atoms with Crippen molar-refractivity contribution in [2.45, 2.75) is 33.7 Å². The summed E-state index contributed by atoms with van der Waals surface area (Å²) in [5, 5.41) is 6.63. The van der Waals surface area contributed by atoms with Crippen LogP contribution in [0.2, 0.25) is 0 Å². The molecule has 0 fully saturated rings. The second-order valence-corrected chi connectivity index (χ2v) is 5.45. The van der Waals surface area contributed by atoms with Gasteiger partial charge in [0.1, 0.15) is 0 Å². The summed E-state index contributed by atoms with van der Waals surface area (Å²) in [5.74, 6) is 3.02. The molecule has 0 amide bonds. The number of guanidine groups is 1. The third-order valence-electron chi connectivity index (χ3n) is 3.23. The van der Waals surface area contributed by atoms with E-state index in [0.717, 1.165) is 36.0 Å². The second-order valence-electron chi connectivity index (χ2n) is 5.45. The van der Waals surface area contributed by atoms with Crippen molar-refractivity contribution >= 4 is 29.9 Å². The number of nitrogens with zero attached hydrogens (tertiary/aromatic N) is 1. The van der Waals surface area contributed by atoms with Crippen molar-refractivity contribution in [3.63, 3.8) is 0 Å².